The van der Waals surface area contributed by atoms with E-state index in [0.29, 0.717) is 39.6 Å². The fourth-order valence-corrected chi connectivity index (χ4v) is 7.53. The maximum absolute atomic E-state index is 9.00. The quantitative estimate of drug-likeness (QED) is 0.138. The Hall–Kier alpha value is -7.24. The van der Waals surface area contributed by atoms with Crippen LogP contribution in [-0.2, 0) is 6.37 Å². The molecule has 7 aromatic carbocycles. The summed E-state index contributed by atoms with van der Waals surface area (Å²) >= 11 is 0. The number of aromatic nitrogens is 4. The lowest BCUT2D eigenvalue weighted by Crippen LogP contribution is -2.30. The summed E-state index contributed by atoms with van der Waals surface area (Å²) in [5, 5.41) is 1.96. The number of nitrogens with zero attached hydrogens (tertiary/aromatic N) is 4. The normalized spacial score (nSPS) is 14.8. The first kappa shape index (κ1) is 23.6. The van der Waals surface area contributed by atoms with Crippen LogP contribution in [-0.4, -0.2) is 14.1 Å². The Kier molecular flexibility index (Phi) is 5.99. The number of pyridine rings is 1. The van der Waals surface area contributed by atoms with Crippen molar-refractivity contribution in [3.63, 3.8) is 0 Å². The molecule has 0 radical (unpaired) electrons. The molecule has 274 valence electrons. The second-order valence-electron chi connectivity index (χ2n) is 13.9. The molecule has 0 bridgehead atoms. The molecule has 57 heavy (non-hydrogen) atoms. The second kappa shape index (κ2) is 14.4. The molecular formula is C52H41N4O+. The van der Waals surface area contributed by atoms with Crippen LogP contribution >= 0.6 is 0 Å². The molecule has 10 rings (SSSR count). The lowest BCUT2D eigenvalue weighted by atomic mass is 9.95. The van der Waals surface area contributed by atoms with Gasteiger partial charge in [-0.3, -0.25) is 4.57 Å². The third-order valence-corrected chi connectivity index (χ3v) is 9.85. The summed E-state index contributed by atoms with van der Waals surface area (Å²) in [6.07, 6.45) is 1.81. The number of hydrogen-bond acceptors (Lipinski definition) is 2. The number of hydrogen-bond donors (Lipinski definition) is 0. The van der Waals surface area contributed by atoms with Crippen LogP contribution in [0.5, 0.6) is 11.5 Å². The van der Waals surface area contributed by atoms with Gasteiger partial charge in [-0.15, -0.1) is 0 Å². The molecule has 0 atom stereocenters. The van der Waals surface area contributed by atoms with Gasteiger partial charge in [-0.1, -0.05) is 129 Å². The topological polar surface area (TPSA) is 35.9 Å². The van der Waals surface area contributed by atoms with Gasteiger partial charge < -0.3 is 4.74 Å². The predicted octanol–water partition coefficient (Wildman–Crippen LogP) is 12.7. The first-order valence-electron chi connectivity index (χ1n) is 24.6. The van der Waals surface area contributed by atoms with Crippen LogP contribution in [0.4, 0.5) is 0 Å². The van der Waals surface area contributed by atoms with Crippen LogP contribution in [0.3, 0.4) is 0 Å². The van der Waals surface area contributed by atoms with Gasteiger partial charge >= 0.3 is 0 Å². The second-order valence-corrected chi connectivity index (χ2v) is 13.9. The first-order valence-corrected chi connectivity index (χ1v) is 18.6. The highest BCUT2D eigenvalue weighted by atomic mass is 16.5. The van der Waals surface area contributed by atoms with Crippen LogP contribution in [0.2, 0.25) is 0 Å². The van der Waals surface area contributed by atoms with Gasteiger partial charge in [0.15, 0.2) is 11.0 Å². The number of fused-ring (bicyclic) bond motifs is 4. The molecule has 3 heterocycles. The molecule has 0 fully saturated rings. The highest BCUT2D eigenvalue weighted by molar-refractivity contribution is 6.09. The number of benzene rings is 7. The Bertz CT molecular complexity index is 3610. The molecule has 0 aliphatic carbocycles. The number of imidazole rings is 1. The van der Waals surface area contributed by atoms with Crippen LogP contribution in [0.15, 0.2) is 194 Å². The first-order chi connectivity index (χ1) is 33.0. The average Bonchev–Trinajstić information content (AvgIpc) is 3.90. The fourth-order valence-electron chi connectivity index (χ4n) is 7.53. The maximum atomic E-state index is 9.00. The van der Waals surface area contributed by atoms with E-state index in [4.69, 9.17) is 26.2 Å². The minimum absolute atomic E-state index is 0.124. The predicted molar refractivity (Wildman–Crippen MR) is 233 cm³/mol. The lowest BCUT2D eigenvalue weighted by molar-refractivity contribution is -0.566. The monoisotopic (exact) mass is 749 g/mol. The molecule has 0 saturated carbocycles. The number of rotatable bonds is 9. The molecule has 0 amide bonds. The Labute approximate surface area is 349 Å². The van der Waals surface area contributed by atoms with Crippen LogP contribution in [0, 0.1) is 5.92 Å². The molecular weight excluding hydrogens is 697 g/mol. The van der Waals surface area contributed by atoms with E-state index in [0.717, 1.165) is 21.8 Å². The fraction of sp³-hybridized carbons (Fsp3) is 0.0769. The molecule has 0 spiro atoms. The molecule has 10 aromatic rings. The summed E-state index contributed by atoms with van der Waals surface area (Å²) < 4.78 is 117. The Balaban J connectivity index is 1.14. The van der Waals surface area contributed by atoms with E-state index in [2.05, 4.69) is 0 Å². The van der Waals surface area contributed by atoms with Gasteiger partial charge in [-0.25, -0.2) is 4.98 Å². The largest absolute Gasteiger partial charge is 0.457 e. The van der Waals surface area contributed by atoms with Crippen molar-refractivity contribution in [2.45, 2.75) is 20.2 Å². The molecule has 5 heteroatoms. The number of ether oxygens (including phenoxy) is 1. The van der Waals surface area contributed by atoms with E-state index >= 15 is 0 Å². The van der Waals surface area contributed by atoms with Crippen molar-refractivity contribution in [2.75, 3.05) is 0 Å². The molecule has 0 aliphatic heterocycles. The third-order valence-electron chi connectivity index (χ3n) is 9.85. The van der Waals surface area contributed by atoms with Crippen LogP contribution in [0.1, 0.15) is 35.9 Å². The van der Waals surface area contributed by atoms with Gasteiger partial charge in [-0.05, 0) is 83.6 Å². The van der Waals surface area contributed by atoms with Crippen LogP contribution in [0.25, 0.3) is 72.3 Å². The summed E-state index contributed by atoms with van der Waals surface area (Å²) in [4.78, 5) is 4.71. The van der Waals surface area contributed by atoms with Gasteiger partial charge in [-0.2, -0.15) is 9.13 Å². The highest BCUT2D eigenvalue weighted by Crippen LogP contribution is 2.37. The van der Waals surface area contributed by atoms with Crippen molar-refractivity contribution in [1.82, 2.24) is 14.1 Å². The minimum atomic E-state index is -1.58. The third kappa shape index (κ3) is 6.33. The zero-order valence-electron chi connectivity index (χ0n) is 43.0. The zero-order valence-corrected chi connectivity index (χ0v) is 31.0. The Morgan fingerprint density at radius 1 is 0.649 bits per heavy atom. The van der Waals surface area contributed by atoms with Crippen molar-refractivity contribution in [3.8, 4) is 50.9 Å². The molecule has 5 nitrogen and oxygen atoms in total. The van der Waals surface area contributed by atoms with Gasteiger partial charge in [0, 0.05) is 43.0 Å². The molecule has 3 aromatic heterocycles. The minimum Gasteiger partial charge on any atom is -0.457 e. The van der Waals surface area contributed by atoms with Crippen molar-refractivity contribution in [3.05, 3.63) is 200 Å². The summed E-state index contributed by atoms with van der Waals surface area (Å²) in [7, 11) is 0. The van der Waals surface area contributed by atoms with E-state index in [-0.39, 0.29) is 33.9 Å². The Morgan fingerprint density at radius 2 is 1.32 bits per heavy atom. The molecule has 0 unspecified atom stereocenters. The van der Waals surface area contributed by atoms with E-state index in [1.807, 2.05) is 114 Å². The number of para-hydroxylation sites is 4. The van der Waals surface area contributed by atoms with E-state index in [9.17, 15) is 0 Å². The van der Waals surface area contributed by atoms with Crippen molar-refractivity contribution in [1.29, 1.82) is 0 Å². The standard InChI is InChI=1S/C52H41N4O/c1-36(2)31-37-29-30-53-51(32-37)56-47-24-10-9-21-45(47)46-28-27-42(34-50(46)56)57-41-20-13-19-40(33-41)54-35-55(49-26-12-11-25-48(49)54)52-43(38-15-5-3-6-16-38)22-14-23-44(52)39-17-7-4-8-18-39/h3-30,32-36H,31H2,1-2H3/q+1/i3D,4D,5D,6D,7D,8D,15D,16D,17D,18D,31D2. The average molecular weight is 750 g/mol. The van der Waals surface area contributed by atoms with E-state index < -0.39 is 66.8 Å². The van der Waals surface area contributed by atoms with Crippen molar-refractivity contribution < 1.29 is 25.8 Å². The smallest absolute Gasteiger partial charge is 0.255 e. The van der Waals surface area contributed by atoms with Crippen molar-refractivity contribution in [2.24, 2.45) is 5.92 Å². The van der Waals surface area contributed by atoms with Crippen LogP contribution < -0.4 is 9.30 Å². The van der Waals surface area contributed by atoms with Gasteiger partial charge in [0.2, 0.25) is 0 Å². The summed E-state index contributed by atoms with van der Waals surface area (Å²) in [5.74, 6) is 1.32. The SMILES string of the molecule is [2H]c1c([2H])c([2H])c(-c2cccc(-c3c([2H])c([2H])c([2H])c([2H])c3[2H])c2-[n+]2cn(-c3cccc(Oc4ccc5c6ccccc6n(-c6cc(C([2H])([2H])C(C)C)ccn6)c5c4)c3)c3ccccc32)c([2H])c1[2H]. The lowest BCUT2D eigenvalue weighted by Gasteiger charge is -2.13. The maximum Gasteiger partial charge on any atom is 0.255 e. The molecule has 0 N–H and O–H groups in total. The van der Waals surface area contributed by atoms with E-state index in [1.54, 1.807) is 47.4 Å². The van der Waals surface area contributed by atoms with Gasteiger partial charge in [0.1, 0.15) is 28.7 Å². The summed E-state index contributed by atoms with van der Waals surface area (Å²) in [5.41, 5.74) is 4.49. The Morgan fingerprint density at radius 3 is 2.07 bits per heavy atom. The highest BCUT2D eigenvalue weighted by Gasteiger charge is 2.25. The molecule has 0 saturated heterocycles. The molecule has 0 aliphatic rings. The van der Waals surface area contributed by atoms with Crippen molar-refractivity contribution >= 4 is 32.8 Å². The summed E-state index contributed by atoms with van der Waals surface area (Å²) in [6.45, 7) is 3.71. The van der Waals surface area contributed by atoms with Gasteiger partial charge in [0.05, 0.1) is 24.7 Å². The van der Waals surface area contributed by atoms with E-state index in [1.165, 1.54) is 0 Å². The zero-order chi connectivity index (χ0) is 48.8. The summed E-state index contributed by atoms with van der Waals surface area (Å²) in [6, 6.07) is 31.7. The van der Waals surface area contributed by atoms with Gasteiger partial charge in [0.25, 0.3) is 6.33 Å².